The number of carbonyl (C=O) groups is 1. The van der Waals surface area contributed by atoms with Crippen LogP contribution in [0.3, 0.4) is 0 Å². The van der Waals surface area contributed by atoms with Crippen molar-refractivity contribution in [2.45, 2.75) is 0 Å². The van der Waals surface area contributed by atoms with Gasteiger partial charge in [-0.05, 0) is 30.3 Å². The van der Waals surface area contributed by atoms with Crippen molar-refractivity contribution < 1.29 is 19.2 Å². The highest BCUT2D eigenvalue weighted by molar-refractivity contribution is 6.33. The molecular weight excluding hydrogens is 374 g/mol. The molecule has 0 saturated heterocycles. The van der Waals surface area contributed by atoms with Crippen molar-refractivity contribution in [1.82, 2.24) is 5.43 Å². The summed E-state index contributed by atoms with van der Waals surface area (Å²) in [6.45, 7) is 0. The third-order valence-corrected chi connectivity index (χ3v) is 3.87. The van der Waals surface area contributed by atoms with Crippen LogP contribution < -0.4 is 5.43 Å². The normalized spacial score (nSPS) is 10.9. The topological polar surface area (TPSA) is 118 Å². The Labute approximate surface area is 157 Å². The van der Waals surface area contributed by atoms with Crippen LogP contribution in [0.2, 0.25) is 5.02 Å². The summed E-state index contributed by atoms with van der Waals surface area (Å²) in [6, 6.07) is 13.3. The minimum absolute atomic E-state index is 0.0902. The average Bonchev–Trinajstić information content (AvgIpc) is 3.10. The first-order valence-corrected chi connectivity index (χ1v) is 7.99. The van der Waals surface area contributed by atoms with E-state index in [9.17, 15) is 20.0 Å². The van der Waals surface area contributed by atoms with Crippen LogP contribution in [0, 0.1) is 10.1 Å². The second-order valence-corrected chi connectivity index (χ2v) is 5.75. The highest BCUT2D eigenvalue weighted by Gasteiger charge is 2.13. The number of furan rings is 1. The first kappa shape index (κ1) is 18.2. The van der Waals surface area contributed by atoms with Gasteiger partial charge in [0, 0.05) is 17.7 Å². The Bertz CT molecular complexity index is 1040. The van der Waals surface area contributed by atoms with E-state index < -0.39 is 10.8 Å². The standard InChI is InChI=1S/C18H12ClN3O5/c19-15-9-11(22(25)26)5-7-13(15)17-8-6-12(27-17)10-20-21-18(24)14-3-1-2-4-16(14)23/h1-10,23H,(H,21,24)/b20-10-. The number of non-ortho nitro benzene ring substituents is 1. The predicted octanol–water partition coefficient (Wildman–Crippen LogP) is 3.98. The van der Waals surface area contributed by atoms with Gasteiger partial charge in [0.25, 0.3) is 11.6 Å². The van der Waals surface area contributed by atoms with Gasteiger partial charge in [0.2, 0.25) is 0 Å². The molecule has 3 rings (SSSR count). The number of nitrogens with zero attached hydrogens (tertiary/aromatic N) is 2. The quantitative estimate of drug-likeness (QED) is 0.391. The van der Waals surface area contributed by atoms with Crippen molar-refractivity contribution >= 4 is 29.4 Å². The number of nitrogens with one attached hydrogen (secondary N) is 1. The molecule has 8 nitrogen and oxygen atoms in total. The number of benzene rings is 2. The van der Waals surface area contributed by atoms with Crippen LogP contribution in [-0.2, 0) is 0 Å². The fraction of sp³-hybridized carbons (Fsp3) is 0. The van der Waals surface area contributed by atoms with Crippen LogP contribution in [0.25, 0.3) is 11.3 Å². The summed E-state index contributed by atoms with van der Waals surface area (Å²) in [5.74, 6) is -0.00628. The number of aromatic hydroxyl groups is 1. The number of nitro groups is 1. The van der Waals surface area contributed by atoms with Crippen molar-refractivity contribution in [2.75, 3.05) is 0 Å². The highest BCUT2D eigenvalue weighted by atomic mass is 35.5. The number of phenolic OH excluding ortho intramolecular Hbond substituents is 1. The van der Waals surface area contributed by atoms with Gasteiger partial charge in [0.1, 0.15) is 17.3 Å². The van der Waals surface area contributed by atoms with Crippen LogP contribution >= 0.6 is 11.6 Å². The molecule has 0 aliphatic carbocycles. The molecule has 1 heterocycles. The second-order valence-electron chi connectivity index (χ2n) is 5.34. The summed E-state index contributed by atoms with van der Waals surface area (Å²) >= 11 is 6.07. The van der Waals surface area contributed by atoms with E-state index in [1.165, 1.54) is 36.5 Å². The molecule has 0 radical (unpaired) electrons. The van der Waals surface area contributed by atoms with Crippen LogP contribution in [0.15, 0.2) is 64.1 Å². The molecule has 0 unspecified atom stereocenters. The number of carbonyl (C=O) groups excluding carboxylic acids is 1. The molecule has 136 valence electrons. The Kier molecular flexibility index (Phi) is 5.18. The largest absolute Gasteiger partial charge is 0.507 e. The van der Waals surface area contributed by atoms with Gasteiger partial charge in [-0.25, -0.2) is 5.43 Å². The van der Waals surface area contributed by atoms with E-state index in [2.05, 4.69) is 10.5 Å². The maximum absolute atomic E-state index is 11.9. The summed E-state index contributed by atoms with van der Waals surface area (Å²) in [7, 11) is 0. The van der Waals surface area contributed by atoms with Gasteiger partial charge in [0.15, 0.2) is 0 Å². The average molecular weight is 386 g/mol. The number of nitro benzene ring substituents is 1. The van der Waals surface area contributed by atoms with Gasteiger partial charge in [0.05, 0.1) is 21.7 Å². The third kappa shape index (κ3) is 4.13. The van der Waals surface area contributed by atoms with Gasteiger partial charge in [-0.1, -0.05) is 23.7 Å². The monoisotopic (exact) mass is 385 g/mol. The van der Waals surface area contributed by atoms with Gasteiger partial charge in [-0.3, -0.25) is 14.9 Å². The predicted molar refractivity (Wildman–Crippen MR) is 99.0 cm³/mol. The van der Waals surface area contributed by atoms with Crippen LogP contribution in [0.5, 0.6) is 5.75 Å². The number of para-hydroxylation sites is 1. The molecular formula is C18H12ClN3O5. The smallest absolute Gasteiger partial charge is 0.275 e. The van der Waals surface area contributed by atoms with Gasteiger partial charge in [-0.2, -0.15) is 5.10 Å². The third-order valence-electron chi connectivity index (χ3n) is 3.56. The zero-order chi connectivity index (χ0) is 19.4. The molecule has 0 fully saturated rings. The number of hydrazone groups is 1. The fourth-order valence-corrected chi connectivity index (χ4v) is 2.53. The van der Waals surface area contributed by atoms with E-state index >= 15 is 0 Å². The van der Waals surface area contributed by atoms with Crippen LogP contribution in [-0.4, -0.2) is 22.2 Å². The number of hydrogen-bond donors (Lipinski definition) is 2. The Balaban J connectivity index is 1.71. The second kappa shape index (κ2) is 7.71. The molecule has 0 saturated carbocycles. The first-order valence-electron chi connectivity index (χ1n) is 7.61. The van der Waals surface area contributed by atoms with Gasteiger partial charge >= 0.3 is 0 Å². The molecule has 0 aliphatic rings. The van der Waals surface area contributed by atoms with E-state index in [1.807, 2.05) is 0 Å². The molecule has 1 aromatic heterocycles. The molecule has 1 amide bonds. The molecule has 0 bridgehead atoms. The lowest BCUT2D eigenvalue weighted by Gasteiger charge is -2.01. The molecule has 27 heavy (non-hydrogen) atoms. The zero-order valence-electron chi connectivity index (χ0n) is 13.6. The van der Waals surface area contributed by atoms with E-state index in [4.69, 9.17) is 16.0 Å². The number of phenols is 1. The fourth-order valence-electron chi connectivity index (χ4n) is 2.26. The van der Waals surface area contributed by atoms with Crippen LogP contribution in [0.1, 0.15) is 16.1 Å². The molecule has 2 N–H and O–H groups in total. The van der Waals surface area contributed by atoms with Gasteiger partial charge in [-0.15, -0.1) is 0 Å². The summed E-state index contributed by atoms with van der Waals surface area (Å²) in [5, 5.41) is 24.3. The molecule has 0 atom stereocenters. The minimum Gasteiger partial charge on any atom is -0.507 e. The Morgan fingerprint density at radius 1 is 1.22 bits per heavy atom. The van der Waals surface area contributed by atoms with Crippen molar-refractivity contribution in [3.63, 3.8) is 0 Å². The van der Waals surface area contributed by atoms with Crippen molar-refractivity contribution in [3.8, 4) is 17.1 Å². The number of amides is 1. The highest BCUT2D eigenvalue weighted by Crippen LogP contribution is 2.32. The number of rotatable bonds is 5. The molecule has 3 aromatic rings. The van der Waals surface area contributed by atoms with Crippen molar-refractivity contribution in [2.24, 2.45) is 5.10 Å². The lowest BCUT2D eigenvalue weighted by molar-refractivity contribution is -0.384. The van der Waals surface area contributed by atoms with Crippen LogP contribution in [0.4, 0.5) is 5.69 Å². The number of hydrogen-bond acceptors (Lipinski definition) is 6. The SMILES string of the molecule is O=C(N/N=C\c1ccc(-c2ccc([N+](=O)[O-])cc2Cl)o1)c1ccccc1O. The zero-order valence-corrected chi connectivity index (χ0v) is 14.4. The lowest BCUT2D eigenvalue weighted by atomic mass is 10.1. The molecule has 2 aromatic carbocycles. The molecule has 0 aliphatic heterocycles. The maximum atomic E-state index is 11.9. The van der Waals surface area contributed by atoms with E-state index in [0.29, 0.717) is 17.1 Å². The summed E-state index contributed by atoms with van der Waals surface area (Å²) in [4.78, 5) is 22.1. The van der Waals surface area contributed by atoms with Crippen molar-refractivity contribution in [1.29, 1.82) is 0 Å². The van der Waals surface area contributed by atoms with E-state index in [1.54, 1.807) is 24.3 Å². The summed E-state index contributed by atoms with van der Waals surface area (Å²) in [5.41, 5.74) is 2.73. The minimum atomic E-state index is -0.574. The van der Waals surface area contributed by atoms with E-state index in [-0.39, 0.29) is 22.0 Å². The lowest BCUT2D eigenvalue weighted by Crippen LogP contribution is -2.17. The maximum Gasteiger partial charge on any atom is 0.275 e. The van der Waals surface area contributed by atoms with Crippen molar-refractivity contribution in [3.05, 3.63) is 81.1 Å². The summed E-state index contributed by atoms with van der Waals surface area (Å²) in [6.07, 6.45) is 1.28. The molecule has 9 heteroatoms. The molecule has 0 spiro atoms. The number of halogens is 1. The van der Waals surface area contributed by atoms with E-state index in [0.717, 1.165) is 0 Å². The Hall–Kier alpha value is -3.65. The summed E-state index contributed by atoms with van der Waals surface area (Å²) < 4.78 is 5.56. The Morgan fingerprint density at radius 2 is 2.00 bits per heavy atom. The Morgan fingerprint density at radius 3 is 2.70 bits per heavy atom. The van der Waals surface area contributed by atoms with Gasteiger partial charge < -0.3 is 9.52 Å². The first-order chi connectivity index (χ1) is 13.0.